The molecule has 12 heteroatoms. The molecular formula is C52H60N2O9S. The van der Waals surface area contributed by atoms with Gasteiger partial charge in [-0.05, 0) is 61.6 Å². The lowest BCUT2D eigenvalue weighted by atomic mass is 9.65. The number of rotatable bonds is 23. The van der Waals surface area contributed by atoms with Crippen LogP contribution in [0, 0.1) is 17.8 Å². The van der Waals surface area contributed by atoms with Gasteiger partial charge in [-0.3, -0.25) is 9.59 Å². The van der Waals surface area contributed by atoms with E-state index in [4.69, 9.17) is 18.9 Å². The van der Waals surface area contributed by atoms with Crippen LogP contribution in [0.25, 0.3) is 0 Å². The summed E-state index contributed by atoms with van der Waals surface area (Å²) in [5, 5.41) is 0. The van der Waals surface area contributed by atoms with E-state index in [1.807, 2.05) is 135 Å². The van der Waals surface area contributed by atoms with Crippen LogP contribution in [0.2, 0.25) is 0 Å². The van der Waals surface area contributed by atoms with Crippen molar-refractivity contribution in [2.45, 2.75) is 83.8 Å². The van der Waals surface area contributed by atoms with Gasteiger partial charge in [-0.1, -0.05) is 146 Å². The van der Waals surface area contributed by atoms with Crippen LogP contribution >= 0.6 is 0 Å². The second-order valence-corrected chi connectivity index (χ2v) is 18.8. The highest BCUT2D eigenvalue weighted by Crippen LogP contribution is 2.42. The molecule has 0 radical (unpaired) electrons. The van der Waals surface area contributed by atoms with E-state index in [1.165, 1.54) is 4.31 Å². The summed E-state index contributed by atoms with van der Waals surface area (Å²) in [4.78, 5) is 45.3. The monoisotopic (exact) mass is 888 g/mol. The van der Waals surface area contributed by atoms with Crippen LogP contribution in [0.1, 0.15) is 55.0 Å². The Kier molecular flexibility index (Phi) is 16.9. The summed E-state index contributed by atoms with van der Waals surface area (Å²) in [5.41, 5.74) is 1.18. The van der Waals surface area contributed by atoms with Crippen molar-refractivity contribution < 1.29 is 41.7 Å². The third-order valence-electron chi connectivity index (χ3n) is 11.9. The van der Waals surface area contributed by atoms with Gasteiger partial charge in [0, 0.05) is 26.2 Å². The van der Waals surface area contributed by atoms with Gasteiger partial charge in [0.15, 0.2) is 11.9 Å². The number of hydrogen-bond donors (Lipinski definition) is 0. The zero-order valence-electron chi connectivity index (χ0n) is 37.2. The smallest absolute Gasteiger partial charge is 0.254 e. The molecule has 338 valence electrons. The summed E-state index contributed by atoms with van der Waals surface area (Å²) < 4.78 is 56.1. The molecule has 0 spiro atoms. The molecule has 5 aromatic carbocycles. The molecule has 0 saturated carbocycles. The fourth-order valence-electron chi connectivity index (χ4n) is 8.05. The lowest BCUT2D eigenvalue weighted by Gasteiger charge is -2.46. The van der Waals surface area contributed by atoms with Gasteiger partial charge in [0.1, 0.15) is 18.5 Å². The lowest BCUT2D eigenvalue weighted by molar-refractivity contribution is -0.208. The van der Waals surface area contributed by atoms with Crippen LogP contribution < -0.4 is 0 Å². The number of sulfonamides is 1. The summed E-state index contributed by atoms with van der Waals surface area (Å²) in [6, 6.07) is 44.7. The molecule has 0 bridgehead atoms. The van der Waals surface area contributed by atoms with E-state index in [9.17, 15) is 13.2 Å². The summed E-state index contributed by atoms with van der Waals surface area (Å²) in [5.74, 6) is -0.881. The van der Waals surface area contributed by atoms with Gasteiger partial charge >= 0.3 is 0 Å². The first-order chi connectivity index (χ1) is 30.9. The predicted molar refractivity (Wildman–Crippen MR) is 245 cm³/mol. The Labute approximate surface area is 378 Å². The molecule has 0 N–H and O–H groups in total. The number of Topliss-reactive ketones (excluding diaryl/α,β-unsaturated/α-hetero) is 1. The minimum Gasteiger partial charge on any atom is -0.376 e. The molecular weight excluding hydrogens is 829 g/mol. The fourth-order valence-corrected chi connectivity index (χ4v) is 9.47. The highest BCUT2D eigenvalue weighted by Gasteiger charge is 2.56. The zero-order chi connectivity index (χ0) is 45.6. The number of aryl methyl sites for hydroxylation is 1. The van der Waals surface area contributed by atoms with Crippen LogP contribution in [0.5, 0.6) is 0 Å². The van der Waals surface area contributed by atoms with E-state index in [2.05, 4.69) is 0 Å². The average molecular weight is 889 g/mol. The predicted octanol–water partition coefficient (Wildman–Crippen LogP) is 7.99. The van der Waals surface area contributed by atoms with E-state index >= 15 is 9.59 Å². The number of hydrogen-bond acceptors (Lipinski definition) is 9. The quantitative estimate of drug-likeness (QED) is 0.0474. The number of carbonyl (C=O) groups excluding carboxylic acids is 3. The molecule has 1 heterocycles. The normalized spacial score (nSPS) is 16.0. The van der Waals surface area contributed by atoms with E-state index in [0.717, 1.165) is 27.8 Å². The summed E-state index contributed by atoms with van der Waals surface area (Å²) in [7, 11) is -3.84. The van der Waals surface area contributed by atoms with Crippen molar-refractivity contribution >= 4 is 28.0 Å². The minimum atomic E-state index is -3.84. The minimum absolute atomic E-state index is 0.00697. The molecule has 1 amide bonds. The first-order valence-corrected chi connectivity index (χ1v) is 23.3. The Morgan fingerprint density at radius 1 is 0.641 bits per heavy atom. The maximum atomic E-state index is 15.4. The van der Waals surface area contributed by atoms with Crippen LogP contribution in [0.15, 0.2) is 150 Å². The number of carbonyl (C=O) groups is 3. The van der Waals surface area contributed by atoms with E-state index < -0.39 is 50.9 Å². The molecule has 4 atom stereocenters. The number of aldehydes is 1. The van der Waals surface area contributed by atoms with Crippen LogP contribution in [0.4, 0.5) is 0 Å². The first-order valence-electron chi connectivity index (χ1n) is 21.8. The van der Waals surface area contributed by atoms with E-state index in [1.54, 1.807) is 43.0 Å². The summed E-state index contributed by atoms with van der Waals surface area (Å²) >= 11 is 0. The highest BCUT2D eigenvalue weighted by molar-refractivity contribution is 7.89. The van der Waals surface area contributed by atoms with Gasteiger partial charge in [-0.15, -0.1) is 0 Å². The van der Waals surface area contributed by atoms with Gasteiger partial charge in [-0.25, -0.2) is 8.42 Å². The first kappa shape index (κ1) is 48.1. The molecule has 0 aliphatic carbocycles. The van der Waals surface area contributed by atoms with Gasteiger partial charge in [0.25, 0.3) is 5.91 Å². The molecule has 64 heavy (non-hydrogen) atoms. The van der Waals surface area contributed by atoms with Crippen LogP contribution in [0.3, 0.4) is 0 Å². The molecule has 0 unspecified atom stereocenters. The van der Waals surface area contributed by atoms with Crippen molar-refractivity contribution in [3.63, 3.8) is 0 Å². The standard InChI is InChI=1S/C52H60N2O9S/c1-5-52(50(57)51(3,4)38-55,39-60-34-41-18-10-6-11-19-41)48(63-37-44-24-16-9-17-25-44)46(61-35-42-20-12-7-13-21-42)47(62-36-43-22-14-8-15-23-43)49(56)53-30-32-54(33-31-53)64(58,59)45-28-26-40(2)27-29-45/h6-29,38,46-48H,5,30-37,39H2,1-4H3/t46-,47-,48-,52-/m1/s1. The van der Waals surface area contributed by atoms with E-state index in [-0.39, 0.29) is 70.5 Å². The number of benzene rings is 5. The van der Waals surface area contributed by atoms with Gasteiger partial charge < -0.3 is 28.6 Å². The van der Waals surface area contributed by atoms with E-state index in [0.29, 0.717) is 6.29 Å². The molecule has 11 nitrogen and oxygen atoms in total. The third-order valence-corrected chi connectivity index (χ3v) is 13.8. The average Bonchev–Trinajstić information content (AvgIpc) is 3.33. The van der Waals surface area contributed by atoms with Gasteiger partial charge in [0.05, 0.1) is 48.8 Å². The number of piperazine rings is 1. The molecule has 5 aromatic rings. The molecule has 1 aliphatic rings. The van der Waals surface area contributed by atoms with Crippen molar-refractivity contribution in [3.8, 4) is 0 Å². The number of nitrogens with zero attached hydrogens (tertiary/aromatic N) is 2. The summed E-state index contributed by atoms with van der Waals surface area (Å²) in [6.07, 6.45) is -3.07. The lowest BCUT2D eigenvalue weighted by Crippen LogP contribution is -2.62. The maximum absolute atomic E-state index is 15.4. The number of ketones is 1. The van der Waals surface area contributed by atoms with Crippen molar-refractivity contribution in [1.82, 2.24) is 9.21 Å². The molecule has 6 rings (SSSR count). The van der Waals surface area contributed by atoms with Crippen LogP contribution in [-0.2, 0) is 69.8 Å². The highest BCUT2D eigenvalue weighted by atomic mass is 32.2. The number of amides is 1. The molecule has 1 aliphatic heterocycles. The topological polar surface area (TPSA) is 129 Å². The zero-order valence-corrected chi connectivity index (χ0v) is 38.0. The number of ether oxygens (including phenoxy) is 4. The maximum Gasteiger partial charge on any atom is 0.254 e. The molecule has 1 saturated heterocycles. The molecule has 1 fully saturated rings. The van der Waals surface area contributed by atoms with Crippen molar-refractivity contribution in [2.75, 3.05) is 32.8 Å². The Morgan fingerprint density at radius 2 is 1.09 bits per heavy atom. The van der Waals surface area contributed by atoms with Crippen molar-refractivity contribution in [3.05, 3.63) is 173 Å². The van der Waals surface area contributed by atoms with Gasteiger partial charge in [-0.2, -0.15) is 4.31 Å². The Hall–Kier alpha value is -5.34. The summed E-state index contributed by atoms with van der Waals surface area (Å²) in [6.45, 7) is 7.22. The Balaban J connectivity index is 1.45. The van der Waals surface area contributed by atoms with Crippen molar-refractivity contribution in [1.29, 1.82) is 0 Å². The fraction of sp³-hybridized carbons (Fsp3) is 0.365. The molecule has 0 aromatic heterocycles. The Morgan fingerprint density at radius 3 is 1.56 bits per heavy atom. The van der Waals surface area contributed by atoms with Gasteiger partial charge in [0.2, 0.25) is 10.0 Å². The SMILES string of the molecule is CC[C@](COCc1ccccc1)(C(=O)C(C)(C)C=O)[C@H](OCc1ccccc1)[C@H](OCc1ccccc1)[C@@H](OCc1ccccc1)C(=O)N1CCN(S(=O)(=O)c2ccc(C)cc2)CC1. The van der Waals surface area contributed by atoms with Crippen molar-refractivity contribution in [2.24, 2.45) is 10.8 Å². The largest absolute Gasteiger partial charge is 0.376 e. The third kappa shape index (κ3) is 12.1. The Bertz CT molecular complexity index is 2340. The second-order valence-electron chi connectivity index (χ2n) is 16.9. The second kappa shape index (κ2) is 22.5. The van der Waals surface area contributed by atoms with Crippen LogP contribution in [-0.4, -0.2) is 86.7 Å².